The molecule has 24 heavy (non-hydrogen) atoms. The van der Waals surface area contributed by atoms with Gasteiger partial charge in [-0.3, -0.25) is 14.6 Å². The number of nitrogen functional groups attached to an aromatic ring is 1. The molecular weight excluding hydrogens is 326 g/mol. The highest BCUT2D eigenvalue weighted by molar-refractivity contribution is 7.15. The van der Waals surface area contributed by atoms with Gasteiger partial charge in [0.05, 0.1) is 11.3 Å². The summed E-state index contributed by atoms with van der Waals surface area (Å²) in [5.74, 6) is -0.213. The molecule has 1 atom stereocenters. The lowest BCUT2D eigenvalue weighted by atomic mass is 9.97. The summed E-state index contributed by atoms with van der Waals surface area (Å²) in [6.45, 7) is 0. The molecule has 4 N–H and O–H groups in total. The standard InChI is InChI=1S/C16H15N5O2S/c17-16-21-11-4-3-8(6-12(11)24-16)20-14(22)10-7-19-15(23)13-9(10)2-1-5-18-13/h1-2,5,7-8H,3-4,6H2,(H2,17,21)(H,19,23)(H,20,22)/t8-/m0/s1. The number of amides is 1. The van der Waals surface area contributed by atoms with Gasteiger partial charge in [-0.1, -0.05) is 6.07 Å². The number of anilines is 1. The van der Waals surface area contributed by atoms with Gasteiger partial charge < -0.3 is 16.0 Å². The number of hydrogen-bond acceptors (Lipinski definition) is 6. The number of carbonyl (C=O) groups excluding carboxylic acids is 1. The normalized spacial score (nSPS) is 16.8. The number of nitrogens with zero attached hydrogens (tertiary/aromatic N) is 2. The van der Waals surface area contributed by atoms with Crippen LogP contribution < -0.4 is 16.6 Å². The van der Waals surface area contributed by atoms with E-state index in [1.807, 2.05) is 0 Å². The van der Waals surface area contributed by atoms with Gasteiger partial charge in [0.15, 0.2) is 5.13 Å². The molecule has 0 fully saturated rings. The first-order valence-corrected chi connectivity index (χ1v) is 8.45. The highest BCUT2D eigenvalue weighted by atomic mass is 32.1. The summed E-state index contributed by atoms with van der Waals surface area (Å²) in [5, 5.41) is 4.17. The quantitative estimate of drug-likeness (QED) is 0.649. The first-order valence-electron chi connectivity index (χ1n) is 7.63. The fraction of sp³-hybridized carbons (Fsp3) is 0.250. The van der Waals surface area contributed by atoms with Crippen molar-refractivity contribution in [3.05, 3.63) is 51.0 Å². The number of thiazole rings is 1. The van der Waals surface area contributed by atoms with E-state index in [4.69, 9.17) is 5.73 Å². The Hall–Kier alpha value is -2.74. The molecule has 1 aliphatic rings. The molecular formula is C16H15N5O2S. The highest BCUT2D eigenvalue weighted by Gasteiger charge is 2.24. The Labute approximate surface area is 141 Å². The summed E-state index contributed by atoms with van der Waals surface area (Å²) in [6, 6.07) is 3.48. The Kier molecular flexibility index (Phi) is 3.53. The Morgan fingerprint density at radius 1 is 1.46 bits per heavy atom. The van der Waals surface area contributed by atoms with Gasteiger partial charge in [0.2, 0.25) is 0 Å². The zero-order valence-corrected chi connectivity index (χ0v) is 13.5. The third kappa shape index (κ3) is 2.54. The van der Waals surface area contributed by atoms with Crippen LogP contribution in [0, 0.1) is 0 Å². The van der Waals surface area contributed by atoms with Gasteiger partial charge in [-0.2, -0.15) is 0 Å². The largest absolute Gasteiger partial charge is 0.375 e. The minimum absolute atomic E-state index is 0.0310. The molecule has 4 rings (SSSR count). The van der Waals surface area contributed by atoms with Gasteiger partial charge in [0.1, 0.15) is 5.52 Å². The topological polar surface area (TPSA) is 114 Å². The maximum atomic E-state index is 12.7. The molecule has 0 aromatic carbocycles. The number of H-pyrrole nitrogens is 1. The monoisotopic (exact) mass is 341 g/mol. The summed E-state index contributed by atoms with van der Waals surface area (Å²) in [5.41, 5.74) is 7.19. The number of aryl methyl sites for hydroxylation is 1. The molecule has 0 unspecified atom stereocenters. The van der Waals surface area contributed by atoms with Gasteiger partial charge in [0.25, 0.3) is 11.5 Å². The number of rotatable bonds is 2. The second-order valence-corrected chi connectivity index (χ2v) is 6.88. The Balaban J connectivity index is 1.60. The van der Waals surface area contributed by atoms with E-state index in [1.165, 1.54) is 23.7 Å². The van der Waals surface area contributed by atoms with E-state index < -0.39 is 0 Å². The van der Waals surface area contributed by atoms with Gasteiger partial charge in [0, 0.05) is 35.1 Å². The van der Waals surface area contributed by atoms with Crippen LogP contribution in [0.3, 0.4) is 0 Å². The first-order chi connectivity index (χ1) is 11.6. The number of aromatic amines is 1. The molecule has 0 radical (unpaired) electrons. The van der Waals surface area contributed by atoms with E-state index in [9.17, 15) is 9.59 Å². The number of aromatic nitrogens is 3. The van der Waals surface area contributed by atoms with Crippen molar-refractivity contribution in [3.8, 4) is 0 Å². The molecule has 7 nitrogen and oxygen atoms in total. The summed E-state index contributed by atoms with van der Waals surface area (Å²) < 4.78 is 0. The lowest BCUT2D eigenvalue weighted by Crippen LogP contribution is -2.38. The van der Waals surface area contributed by atoms with Crippen molar-refractivity contribution in [1.82, 2.24) is 20.3 Å². The average Bonchev–Trinajstić information content (AvgIpc) is 2.94. The summed E-state index contributed by atoms with van der Waals surface area (Å²) in [6.07, 6.45) is 5.34. The number of carbonyl (C=O) groups is 1. The van der Waals surface area contributed by atoms with E-state index in [0.717, 1.165) is 29.8 Å². The Morgan fingerprint density at radius 2 is 2.33 bits per heavy atom. The van der Waals surface area contributed by atoms with E-state index in [0.29, 0.717) is 16.1 Å². The third-order valence-corrected chi connectivity index (χ3v) is 5.15. The molecule has 0 bridgehead atoms. The van der Waals surface area contributed by atoms with Crippen molar-refractivity contribution < 1.29 is 4.79 Å². The molecule has 3 heterocycles. The lowest BCUT2D eigenvalue weighted by Gasteiger charge is -2.22. The van der Waals surface area contributed by atoms with E-state index in [2.05, 4.69) is 20.3 Å². The van der Waals surface area contributed by atoms with Crippen LogP contribution in [-0.4, -0.2) is 26.9 Å². The SMILES string of the molecule is Nc1nc2c(s1)C[C@@H](NC(=O)c1c[nH]c(=O)c3ncccc13)CC2. The predicted molar refractivity (Wildman–Crippen MR) is 92.2 cm³/mol. The number of pyridine rings is 2. The molecule has 3 aromatic rings. The van der Waals surface area contributed by atoms with E-state index in [1.54, 1.807) is 12.1 Å². The highest BCUT2D eigenvalue weighted by Crippen LogP contribution is 2.28. The number of nitrogens with two attached hydrogens (primary N) is 1. The van der Waals surface area contributed by atoms with Gasteiger partial charge in [-0.05, 0) is 18.9 Å². The Morgan fingerprint density at radius 3 is 3.21 bits per heavy atom. The van der Waals surface area contributed by atoms with Crippen LogP contribution in [-0.2, 0) is 12.8 Å². The number of nitrogens with one attached hydrogen (secondary N) is 2. The van der Waals surface area contributed by atoms with Crippen LogP contribution >= 0.6 is 11.3 Å². The Bertz CT molecular complexity index is 994. The van der Waals surface area contributed by atoms with Gasteiger partial charge >= 0.3 is 0 Å². The lowest BCUT2D eigenvalue weighted by molar-refractivity contribution is 0.0935. The summed E-state index contributed by atoms with van der Waals surface area (Å²) >= 11 is 1.48. The maximum Gasteiger partial charge on any atom is 0.274 e. The van der Waals surface area contributed by atoms with Crippen LogP contribution in [0.4, 0.5) is 5.13 Å². The second-order valence-electron chi connectivity index (χ2n) is 5.77. The van der Waals surface area contributed by atoms with Crippen molar-refractivity contribution in [3.63, 3.8) is 0 Å². The summed E-state index contributed by atoms with van der Waals surface area (Å²) in [4.78, 5) is 36.6. The van der Waals surface area contributed by atoms with Crippen LogP contribution in [0.15, 0.2) is 29.3 Å². The van der Waals surface area contributed by atoms with E-state index >= 15 is 0 Å². The van der Waals surface area contributed by atoms with Crippen LogP contribution in [0.5, 0.6) is 0 Å². The number of hydrogen-bond donors (Lipinski definition) is 3. The maximum absolute atomic E-state index is 12.7. The molecule has 0 spiro atoms. The van der Waals surface area contributed by atoms with Crippen LogP contribution in [0.25, 0.3) is 10.9 Å². The van der Waals surface area contributed by atoms with Crippen molar-refractivity contribution in [2.75, 3.05) is 5.73 Å². The summed E-state index contributed by atoms with van der Waals surface area (Å²) in [7, 11) is 0. The third-order valence-electron chi connectivity index (χ3n) is 4.20. The fourth-order valence-electron chi connectivity index (χ4n) is 3.06. The van der Waals surface area contributed by atoms with E-state index in [-0.39, 0.29) is 23.0 Å². The predicted octanol–water partition coefficient (Wildman–Crippen LogP) is 1.25. The van der Waals surface area contributed by atoms with Crippen molar-refractivity contribution >= 4 is 33.3 Å². The van der Waals surface area contributed by atoms with Crippen LogP contribution in [0.2, 0.25) is 0 Å². The molecule has 8 heteroatoms. The zero-order valence-electron chi connectivity index (χ0n) is 12.7. The molecule has 0 aliphatic heterocycles. The fourth-order valence-corrected chi connectivity index (χ4v) is 4.01. The minimum atomic E-state index is -0.301. The first kappa shape index (κ1) is 14.8. The molecule has 122 valence electrons. The second kappa shape index (κ2) is 5.72. The minimum Gasteiger partial charge on any atom is -0.375 e. The molecule has 0 saturated heterocycles. The van der Waals surface area contributed by atoms with Gasteiger partial charge in [-0.15, -0.1) is 11.3 Å². The molecule has 1 aliphatic carbocycles. The average molecular weight is 341 g/mol. The van der Waals surface area contributed by atoms with Crippen molar-refractivity contribution in [2.24, 2.45) is 0 Å². The van der Waals surface area contributed by atoms with Crippen LogP contribution in [0.1, 0.15) is 27.3 Å². The van der Waals surface area contributed by atoms with Gasteiger partial charge in [-0.25, -0.2) is 4.98 Å². The molecule has 1 amide bonds. The number of fused-ring (bicyclic) bond motifs is 2. The molecule has 0 saturated carbocycles. The van der Waals surface area contributed by atoms with Crippen molar-refractivity contribution in [1.29, 1.82) is 0 Å². The zero-order chi connectivity index (χ0) is 16.7. The smallest absolute Gasteiger partial charge is 0.274 e. The molecule has 3 aromatic heterocycles. The van der Waals surface area contributed by atoms with Crippen molar-refractivity contribution in [2.45, 2.75) is 25.3 Å².